The minimum Gasteiger partial charge on any atom is -0.334 e. The first-order chi connectivity index (χ1) is 7.34. The van der Waals surface area contributed by atoms with Crippen molar-refractivity contribution >= 4 is 11.2 Å². The molecule has 0 spiro atoms. The van der Waals surface area contributed by atoms with Crippen LogP contribution in [0.3, 0.4) is 0 Å². The molecule has 0 amide bonds. The molecule has 2 aromatic rings. The SMILES string of the molecule is Cn1ccc2nc(C3CCNC3)cnc21. The summed E-state index contributed by atoms with van der Waals surface area (Å²) in [5.41, 5.74) is 3.09. The largest absolute Gasteiger partial charge is 0.334 e. The molecule has 1 N–H and O–H groups in total. The molecular formula is C11H14N4. The van der Waals surface area contributed by atoms with Crippen LogP contribution in [0, 0.1) is 0 Å². The third-order valence-electron chi connectivity index (χ3n) is 3.07. The Morgan fingerprint density at radius 3 is 3.27 bits per heavy atom. The van der Waals surface area contributed by atoms with Crippen LogP contribution in [-0.4, -0.2) is 27.6 Å². The Morgan fingerprint density at radius 1 is 1.53 bits per heavy atom. The van der Waals surface area contributed by atoms with Crippen LogP contribution in [-0.2, 0) is 7.05 Å². The smallest absolute Gasteiger partial charge is 0.158 e. The summed E-state index contributed by atoms with van der Waals surface area (Å²) < 4.78 is 2.00. The number of hydrogen-bond donors (Lipinski definition) is 1. The molecule has 1 aliphatic heterocycles. The maximum absolute atomic E-state index is 4.65. The first-order valence-electron chi connectivity index (χ1n) is 5.33. The summed E-state index contributed by atoms with van der Waals surface area (Å²) in [6.45, 7) is 2.13. The van der Waals surface area contributed by atoms with Crippen molar-refractivity contribution in [3.8, 4) is 0 Å². The molecule has 0 aliphatic carbocycles. The average Bonchev–Trinajstić information content (AvgIpc) is 2.88. The highest BCUT2D eigenvalue weighted by Crippen LogP contribution is 2.21. The quantitative estimate of drug-likeness (QED) is 0.751. The lowest BCUT2D eigenvalue weighted by Crippen LogP contribution is -2.09. The van der Waals surface area contributed by atoms with Crippen molar-refractivity contribution in [3.05, 3.63) is 24.2 Å². The highest BCUT2D eigenvalue weighted by atomic mass is 15.0. The normalized spacial score (nSPS) is 21.3. The van der Waals surface area contributed by atoms with Gasteiger partial charge in [-0.15, -0.1) is 0 Å². The molecule has 0 aromatic carbocycles. The number of aryl methyl sites for hydroxylation is 1. The standard InChI is InChI=1S/C11H14N4/c1-15-5-3-9-11(15)13-7-10(14-9)8-2-4-12-6-8/h3,5,7-8,12H,2,4,6H2,1H3. The van der Waals surface area contributed by atoms with Crippen LogP contribution in [0.5, 0.6) is 0 Å². The fourth-order valence-corrected chi connectivity index (χ4v) is 2.15. The van der Waals surface area contributed by atoms with E-state index in [9.17, 15) is 0 Å². The zero-order valence-corrected chi connectivity index (χ0v) is 8.77. The molecule has 15 heavy (non-hydrogen) atoms. The Morgan fingerprint density at radius 2 is 2.47 bits per heavy atom. The Labute approximate surface area is 88.3 Å². The fourth-order valence-electron chi connectivity index (χ4n) is 2.15. The number of aromatic nitrogens is 3. The van der Waals surface area contributed by atoms with Crippen molar-refractivity contribution in [2.75, 3.05) is 13.1 Å². The molecule has 1 saturated heterocycles. The first kappa shape index (κ1) is 8.85. The molecule has 0 saturated carbocycles. The summed E-state index contributed by atoms with van der Waals surface area (Å²) in [5, 5.41) is 3.35. The van der Waals surface area contributed by atoms with E-state index in [1.54, 1.807) is 0 Å². The fraction of sp³-hybridized carbons (Fsp3) is 0.455. The number of nitrogens with zero attached hydrogens (tertiary/aromatic N) is 3. The second-order valence-corrected chi connectivity index (χ2v) is 4.12. The van der Waals surface area contributed by atoms with E-state index in [1.165, 1.54) is 6.42 Å². The van der Waals surface area contributed by atoms with Crippen molar-refractivity contribution in [1.82, 2.24) is 19.9 Å². The van der Waals surface area contributed by atoms with Gasteiger partial charge in [-0.25, -0.2) is 9.97 Å². The second-order valence-electron chi connectivity index (χ2n) is 4.12. The predicted octanol–water partition coefficient (Wildman–Crippen LogP) is 1.05. The lowest BCUT2D eigenvalue weighted by Gasteiger charge is -2.06. The molecule has 2 aromatic heterocycles. The molecule has 1 atom stereocenters. The molecule has 4 nitrogen and oxygen atoms in total. The predicted molar refractivity (Wildman–Crippen MR) is 58.7 cm³/mol. The molecule has 3 rings (SSSR count). The van der Waals surface area contributed by atoms with E-state index in [0.29, 0.717) is 5.92 Å². The maximum atomic E-state index is 4.65. The van der Waals surface area contributed by atoms with Crippen LogP contribution in [0.15, 0.2) is 18.5 Å². The van der Waals surface area contributed by atoms with Crippen molar-refractivity contribution in [2.24, 2.45) is 7.05 Å². The summed E-state index contributed by atoms with van der Waals surface area (Å²) in [7, 11) is 1.99. The van der Waals surface area contributed by atoms with Gasteiger partial charge in [0.1, 0.15) is 5.52 Å². The van der Waals surface area contributed by atoms with Gasteiger partial charge in [-0.2, -0.15) is 0 Å². The van der Waals surface area contributed by atoms with Crippen molar-refractivity contribution in [3.63, 3.8) is 0 Å². The van der Waals surface area contributed by atoms with Crippen LogP contribution in [0.4, 0.5) is 0 Å². The number of fused-ring (bicyclic) bond motifs is 1. The topological polar surface area (TPSA) is 42.7 Å². The summed E-state index contributed by atoms with van der Waals surface area (Å²) in [6.07, 6.45) is 5.09. The van der Waals surface area contributed by atoms with Gasteiger partial charge < -0.3 is 9.88 Å². The zero-order valence-electron chi connectivity index (χ0n) is 8.77. The summed E-state index contributed by atoms with van der Waals surface area (Å²) in [5.74, 6) is 0.544. The van der Waals surface area contributed by atoms with Crippen molar-refractivity contribution in [2.45, 2.75) is 12.3 Å². The van der Waals surface area contributed by atoms with E-state index in [1.807, 2.05) is 30.1 Å². The average molecular weight is 202 g/mol. The van der Waals surface area contributed by atoms with Crippen molar-refractivity contribution in [1.29, 1.82) is 0 Å². The van der Waals surface area contributed by atoms with Gasteiger partial charge >= 0.3 is 0 Å². The summed E-state index contributed by atoms with van der Waals surface area (Å²) in [6, 6.07) is 2.02. The molecule has 0 radical (unpaired) electrons. The highest BCUT2D eigenvalue weighted by Gasteiger charge is 2.18. The lowest BCUT2D eigenvalue weighted by atomic mass is 10.1. The molecule has 0 bridgehead atoms. The van der Waals surface area contributed by atoms with Gasteiger partial charge in [-0.05, 0) is 19.0 Å². The summed E-state index contributed by atoms with van der Waals surface area (Å²) >= 11 is 0. The minimum atomic E-state index is 0.544. The van der Waals surface area contributed by atoms with E-state index < -0.39 is 0 Å². The van der Waals surface area contributed by atoms with Crippen LogP contribution in [0.1, 0.15) is 18.0 Å². The van der Waals surface area contributed by atoms with Gasteiger partial charge in [0.15, 0.2) is 5.65 Å². The molecule has 78 valence electrons. The lowest BCUT2D eigenvalue weighted by molar-refractivity contribution is 0.733. The Hall–Kier alpha value is -1.42. The molecule has 1 fully saturated rings. The van der Waals surface area contributed by atoms with E-state index >= 15 is 0 Å². The molecule has 4 heteroatoms. The zero-order chi connectivity index (χ0) is 10.3. The van der Waals surface area contributed by atoms with E-state index in [-0.39, 0.29) is 0 Å². The van der Waals surface area contributed by atoms with Gasteiger partial charge in [0, 0.05) is 25.7 Å². The van der Waals surface area contributed by atoms with Gasteiger partial charge in [-0.1, -0.05) is 0 Å². The monoisotopic (exact) mass is 202 g/mol. The maximum Gasteiger partial charge on any atom is 0.158 e. The third kappa shape index (κ3) is 1.41. The highest BCUT2D eigenvalue weighted by molar-refractivity contribution is 5.71. The Bertz CT molecular complexity index is 482. The van der Waals surface area contributed by atoms with Crippen LogP contribution < -0.4 is 5.32 Å². The van der Waals surface area contributed by atoms with E-state index in [2.05, 4.69) is 15.3 Å². The number of rotatable bonds is 1. The Balaban J connectivity index is 2.05. The van der Waals surface area contributed by atoms with Crippen LogP contribution in [0.25, 0.3) is 11.2 Å². The minimum absolute atomic E-state index is 0.544. The molecule has 1 aliphatic rings. The molecular weight excluding hydrogens is 188 g/mol. The first-order valence-corrected chi connectivity index (χ1v) is 5.33. The van der Waals surface area contributed by atoms with E-state index in [0.717, 1.165) is 29.9 Å². The van der Waals surface area contributed by atoms with Gasteiger partial charge in [0.05, 0.1) is 11.9 Å². The number of nitrogens with one attached hydrogen (secondary N) is 1. The van der Waals surface area contributed by atoms with Gasteiger partial charge in [-0.3, -0.25) is 0 Å². The second kappa shape index (κ2) is 3.31. The van der Waals surface area contributed by atoms with Gasteiger partial charge in [0.25, 0.3) is 0 Å². The molecule has 3 heterocycles. The molecule has 1 unspecified atom stereocenters. The van der Waals surface area contributed by atoms with E-state index in [4.69, 9.17) is 0 Å². The van der Waals surface area contributed by atoms with Crippen molar-refractivity contribution < 1.29 is 0 Å². The Kier molecular flexibility index (Phi) is 1.95. The number of hydrogen-bond acceptors (Lipinski definition) is 3. The van der Waals surface area contributed by atoms with Gasteiger partial charge in [0.2, 0.25) is 0 Å². The summed E-state index contributed by atoms with van der Waals surface area (Å²) in [4.78, 5) is 9.11. The van der Waals surface area contributed by atoms with Crippen LogP contribution >= 0.6 is 0 Å². The van der Waals surface area contributed by atoms with Crippen LogP contribution in [0.2, 0.25) is 0 Å². The third-order valence-corrected chi connectivity index (χ3v) is 3.07.